The number of hydrogen-bond acceptors (Lipinski definition) is 2. The van der Waals surface area contributed by atoms with Gasteiger partial charge >= 0.3 is 0 Å². The Morgan fingerprint density at radius 3 is 2.44 bits per heavy atom. The molecule has 6 aromatic rings. The molecule has 0 fully saturated rings. The Balaban J connectivity index is 1.34. The zero-order valence-corrected chi connectivity index (χ0v) is 18.9. The maximum absolute atomic E-state index is 13.2. The zero-order chi connectivity index (χ0) is 23.1. The molecule has 6 rings (SSSR count). The Bertz CT molecular complexity index is 1660. The lowest BCUT2D eigenvalue weighted by atomic mass is 10.0. The molecule has 34 heavy (non-hydrogen) atoms. The molecule has 0 aliphatic heterocycles. The van der Waals surface area contributed by atoms with Crippen molar-refractivity contribution in [3.05, 3.63) is 102 Å². The number of aryl methyl sites for hydroxylation is 1. The Kier molecular flexibility index (Phi) is 4.88. The molecule has 0 aliphatic carbocycles. The molecular formula is C29H24N4O. The van der Waals surface area contributed by atoms with Crippen LogP contribution in [-0.4, -0.2) is 27.4 Å². The molecule has 0 aliphatic rings. The first-order valence-electron chi connectivity index (χ1n) is 11.5. The Labute approximate surface area is 196 Å². The molecule has 0 saturated heterocycles. The van der Waals surface area contributed by atoms with Gasteiger partial charge in [0.15, 0.2) is 0 Å². The maximum atomic E-state index is 13.2. The van der Waals surface area contributed by atoms with Gasteiger partial charge in [-0.15, -0.1) is 0 Å². The minimum Gasteiger partial charge on any atom is -0.361 e. The van der Waals surface area contributed by atoms with E-state index in [-0.39, 0.29) is 5.91 Å². The molecule has 3 aromatic heterocycles. The number of benzene rings is 3. The van der Waals surface area contributed by atoms with Gasteiger partial charge in [-0.05, 0) is 37.1 Å². The standard InChI is InChI=1S/C29H24N4O/c1-18-10-12-19(13-11-18)27-28-23(22-7-3-5-9-25(22)32-28)16-26(33-27)29(34)30-15-14-20-17-31-24-8-4-2-6-21(20)24/h2-13,16-17,31-32H,14-15H2,1H3,(H,30,34). The topological polar surface area (TPSA) is 73.6 Å². The van der Waals surface area contributed by atoms with E-state index in [1.807, 2.05) is 36.5 Å². The summed E-state index contributed by atoms with van der Waals surface area (Å²) in [7, 11) is 0. The van der Waals surface area contributed by atoms with E-state index in [4.69, 9.17) is 4.98 Å². The molecule has 0 spiro atoms. The highest BCUT2D eigenvalue weighted by Gasteiger charge is 2.17. The summed E-state index contributed by atoms with van der Waals surface area (Å²) >= 11 is 0. The average Bonchev–Trinajstić information content (AvgIpc) is 3.45. The number of aromatic nitrogens is 3. The third-order valence-corrected chi connectivity index (χ3v) is 6.41. The highest BCUT2D eigenvalue weighted by atomic mass is 16.1. The van der Waals surface area contributed by atoms with Crippen molar-refractivity contribution in [2.75, 3.05) is 6.54 Å². The third kappa shape index (κ3) is 3.52. The molecule has 0 bridgehead atoms. The number of H-pyrrole nitrogens is 2. The molecule has 5 nitrogen and oxygen atoms in total. The monoisotopic (exact) mass is 444 g/mol. The van der Waals surface area contributed by atoms with Crippen LogP contribution in [0.5, 0.6) is 0 Å². The molecular weight excluding hydrogens is 420 g/mol. The second-order valence-corrected chi connectivity index (χ2v) is 8.68. The van der Waals surface area contributed by atoms with E-state index < -0.39 is 0 Å². The first-order chi connectivity index (χ1) is 16.7. The van der Waals surface area contributed by atoms with Crippen molar-refractivity contribution in [1.82, 2.24) is 20.3 Å². The van der Waals surface area contributed by atoms with Gasteiger partial charge in [0.2, 0.25) is 0 Å². The van der Waals surface area contributed by atoms with Gasteiger partial charge in [0, 0.05) is 45.5 Å². The number of rotatable bonds is 5. The number of hydrogen-bond donors (Lipinski definition) is 3. The Morgan fingerprint density at radius 2 is 1.62 bits per heavy atom. The van der Waals surface area contributed by atoms with Gasteiger partial charge in [-0.3, -0.25) is 4.79 Å². The number of carbonyl (C=O) groups is 1. The number of para-hydroxylation sites is 2. The molecule has 0 atom stereocenters. The lowest BCUT2D eigenvalue weighted by molar-refractivity contribution is 0.0949. The summed E-state index contributed by atoms with van der Waals surface area (Å²) in [6.45, 7) is 2.60. The zero-order valence-electron chi connectivity index (χ0n) is 18.9. The molecule has 5 heteroatoms. The van der Waals surface area contributed by atoms with Crippen molar-refractivity contribution >= 4 is 38.6 Å². The van der Waals surface area contributed by atoms with Crippen LogP contribution in [0.25, 0.3) is 44.0 Å². The summed E-state index contributed by atoms with van der Waals surface area (Å²) in [6.07, 6.45) is 2.76. The Morgan fingerprint density at radius 1 is 0.882 bits per heavy atom. The molecule has 0 unspecified atom stereocenters. The minimum atomic E-state index is -0.166. The number of nitrogens with one attached hydrogen (secondary N) is 3. The van der Waals surface area contributed by atoms with Crippen LogP contribution in [-0.2, 0) is 6.42 Å². The SMILES string of the molecule is Cc1ccc(-c2nc(C(=O)NCCc3c[nH]c4ccccc34)cc3c2[nH]c2ccccc23)cc1. The normalized spacial score (nSPS) is 11.4. The molecule has 0 radical (unpaired) electrons. The lowest BCUT2D eigenvalue weighted by Gasteiger charge is -2.09. The summed E-state index contributed by atoms with van der Waals surface area (Å²) < 4.78 is 0. The fraction of sp³-hybridized carbons (Fsp3) is 0.103. The van der Waals surface area contributed by atoms with Crippen molar-refractivity contribution in [2.24, 2.45) is 0 Å². The van der Waals surface area contributed by atoms with Gasteiger partial charge in [0.25, 0.3) is 5.91 Å². The summed E-state index contributed by atoms with van der Waals surface area (Å²) in [5.74, 6) is -0.166. The van der Waals surface area contributed by atoms with Crippen LogP contribution >= 0.6 is 0 Å². The minimum absolute atomic E-state index is 0.166. The summed E-state index contributed by atoms with van der Waals surface area (Å²) in [5.41, 5.74) is 7.65. The van der Waals surface area contributed by atoms with Crippen LogP contribution in [0.3, 0.4) is 0 Å². The fourth-order valence-corrected chi connectivity index (χ4v) is 4.62. The second kappa shape index (κ2) is 8.19. The molecule has 3 aromatic carbocycles. The second-order valence-electron chi connectivity index (χ2n) is 8.68. The smallest absolute Gasteiger partial charge is 0.269 e. The van der Waals surface area contributed by atoms with Crippen molar-refractivity contribution in [2.45, 2.75) is 13.3 Å². The van der Waals surface area contributed by atoms with Crippen molar-refractivity contribution < 1.29 is 4.79 Å². The molecule has 1 amide bonds. The average molecular weight is 445 g/mol. The summed E-state index contributed by atoms with van der Waals surface area (Å²) in [5, 5.41) is 6.35. The molecule has 3 N–H and O–H groups in total. The maximum Gasteiger partial charge on any atom is 0.269 e. The summed E-state index contributed by atoms with van der Waals surface area (Å²) in [6, 6.07) is 26.5. The van der Waals surface area contributed by atoms with E-state index in [2.05, 4.69) is 70.7 Å². The number of nitrogens with zero attached hydrogens (tertiary/aromatic N) is 1. The van der Waals surface area contributed by atoms with Crippen LogP contribution in [0.4, 0.5) is 0 Å². The van der Waals surface area contributed by atoms with Gasteiger partial charge in [-0.2, -0.15) is 0 Å². The van der Waals surface area contributed by atoms with E-state index in [1.165, 1.54) is 16.5 Å². The number of fused-ring (bicyclic) bond motifs is 4. The number of pyridine rings is 1. The van der Waals surface area contributed by atoms with Crippen LogP contribution in [0.15, 0.2) is 85.1 Å². The third-order valence-electron chi connectivity index (χ3n) is 6.41. The largest absolute Gasteiger partial charge is 0.361 e. The summed E-state index contributed by atoms with van der Waals surface area (Å²) in [4.78, 5) is 24.8. The van der Waals surface area contributed by atoms with E-state index >= 15 is 0 Å². The van der Waals surface area contributed by atoms with Gasteiger partial charge in [-0.1, -0.05) is 66.2 Å². The van der Waals surface area contributed by atoms with Crippen molar-refractivity contribution in [3.63, 3.8) is 0 Å². The van der Waals surface area contributed by atoms with Crippen molar-refractivity contribution in [1.29, 1.82) is 0 Å². The predicted molar refractivity (Wildman–Crippen MR) is 138 cm³/mol. The fourth-order valence-electron chi connectivity index (χ4n) is 4.62. The molecule has 3 heterocycles. The van der Waals surface area contributed by atoms with Gasteiger partial charge in [0.1, 0.15) is 5.69 Å². The van der Waals surface area contributed by atoms with E-state index in [1.54, 1.807) is 0 Å². The first-order valence-corrected chi connectivity index (χ1v) is 11.5. The number of aromatic amines is 2. The van der Waals surface area contributed by atoms with Crippen LogP contribution in [0, 0.1) is 6.92 Å². The van der Waals surface area contributed by atoms with E-state index in [0.717, 1.165) is 45.0 Å². The van der Waals surface area contributed by atoms with Gasteiger partial charge in [-0.25, -0.2) is 4.98 Å². The number of amides is 1. The van der Waals surface area contributed by atoms with Crippen LogP contribution < -0.4 is 5.32 Å². The van der Waals surface area contributed by atoms with Crippen molar-refractivity contribution in [3.8, 4) is 11.3 Å². The van der Waals surface area contributed by atoms with Gasteiger partial charge in [0.05, 0.1) is 11.2 Å². The van der Waals surface area contributed by atoms with E-state index in [0.29, 0.717) is 12.2 Å². The van der Waals surface area contributed by atoms with Crippen LogP contribution in [0.2, 0.25) is 0 Å². The quantitative estimate of drug-likeness (QED) is 0.299. The predicted octanol–water partition coefficient (Wildman–Crippen LogP) is 6.15. The lowest BCUT2D eigenvalue weighted by Crippen LogP contribution is -2.26. The molecule has 0 saturated carbocycles. The van der Waals surface area contributed by atoms with Crippen LogP contribution in [0.1, 0.15) is 21.6 Å². The number of carbonyl (C=O) groups excluding carboxylic acids is 1. The van der Waals surface area contributed by atoms with Gasteiger partial charge < -0.3 is 15.3 Å². The highest BCUT2D eigenvalue weighted by molar-refractivity contribution is 6.13. The highest BCUT2D eigenvalue weighted by Crippen LogP contribution is 2.32. The van der Waals surface area contributed by atoms with E-state index in [9.17, 15) is 4.79 Å². The molecule has 166 valence electrons. The first kappa shape index (κ1) is 20.2. The Hall–Kier alpha value is -4.38.